The number of hydrogen-bond donors (Lipinski definition) is 1. The minimum Gasteiger partial charge on any atom is -0.478 e. The SMILES string of the molecule is CC1=NN(c2cccc(C(=O)O)c2)C(=O)/C1=C\c1ccc(-c2ccc3c(c2)COC3=O)o1. The molecule has 0 atom stereocenters. The van der Waals surface area contributed by atoms with E-state index in [9.17, 15) is 19.5 Å². The van der Waals surface area contributed by atoms with Gasteiger partial charge in [-0.2, -0.15) is 10.1 Å². The molecule has 2 aliphatic heterocycles. The zero-order valence-corrected chi connectivity index (χ0v) is 16.9. The molecule has 2 aromatic carbocycles. The number of carbonyl (C=O) groups excluding carboxylic acids is 2. The number of carbonyl (C=O) groups is 3. The molecule has 32 heavy (non-hydrogen) atoms. The van der Waals surface area contributed by atoms with Gasteiger partial charge in [-0.05, 0) is 55.5 Å². The Morgan fingerprint density at radius 1 is 1.12 bits per heavy atom. The number of benzene rings is 2. The molecule has 3 heterocycles. The zero-order valence-electron chi connectivity index (χ0n) is 16.9. The van der Waals surface area contributed by atoms with Gasteiger partial charge in [0.15, 0.2) is 0 Å². The van der Waals surface area contributed by atoms with E-state index in [-0.39, 0.29) is 24.0 Å². The highest BCUT2D eigenvalue weighted by molar-refractivity contribution is 6.32. The number of fused-ring (bicyclic) bond motifs is 1. The molecule has 8 heteroatoms. The van der Waals surface area contributed by atoms with Crippen LogP contribution >= 0.6 is 0 Å². The van der Waals surface area contributed by atoms with Crippen molar-refractivity contribution >= 4 is 35.3 Å². The second-order valence-corrected chi connectivity index (χ2v) is 7.37. The molecule has 158 valence electrons. The Hall–Kier alpha value is -4.46. The number of amides is 1. The van der Waals surface area contributed by atoms with Gasteiger partial charge in [-0.15, -0.1) is 0 Å². The maximum Gasteiger partial charge on any atom is 0.338 e. The van der Waals surface area contributed by atoms with E-state index >= 15 is 0 Å². The third kappa shape index (κ3) is 3.27. The minimum atomic E-state index is -1.08. The number of anilines is 1. The molecular weight excluding hydrogens is 412 g/mol. The molecule has 0 saturated heterocycles. The van der Waals surface area contributed by atoms with Gasteiger partial charge in [0, 0.05) is 11.1 Å². The van der Waals surface area contributed by atoms with Gasteiger partial charge in [-0.1, -0.05) is 12.1 Å². The second-order valence-electron chi connectivity index (χ2n) is 7.37. The Balaban J connectivity index is 1.42. The number of carboxylic acid groups (broad SMARTS) is 1. The fourth-order valence-corrected chi connectivity index (χ4v) is 3.64. The molecule has 5 rings (SSSR count). The van der Waals surface area contributed by atoms with Gasteiger partial charge in [-0.3, -0.25) is 4.79 Å². The number of hydrazone groups is 1. The lowest BCUT2D eigenvalue weighted by Gasteiger charge is -2.12. The van der Waals surface area contributed by atoms with Crippen LogP contribution in [0.5, 0.6) is 0 Å². The Labute approximate surface area is 182 Å². The highest BCUT2D eigenvalue weighted by Crippen LogP contribution is 2.30. The molecule has 0 spiro atoms. The first kappa shape index (κ1) is 19.5. The summed E-state index contributed by atoms with van der Waals surface area (Å²) in [5.74, 6) is -0.738. The largest absolute Gasteiger partial charge is 0.478 e. The number of rotatable bonds is 4. The smallest absolute Gasteiger partial charge is 0.338 e. The highest BCUT2D eigenvalue weighted by Gasteiger charge is 2.29. The van der Waals surface area contributed by atoms with Gasteiger partial charge in [0.05, 0.1) is 28.1 Å². The van der Waals surface area contributed by atoms with Gasteiger partial charge in [-0.25, -0.2) is 9.59 Å². The number of ether oxygens (including phenoxy) is 1. The standard InChI is InChI=1S/C24H16N2O6/c1-13-20(22(27)26(25-13)17-4-2-3-15(10-17)23(28)29)11-18-6-8-21(32-18)14-5-7-19-16(9-14)12-31-24(19)30/h2-11H,12H2,1H3,(H,28,29)/b20-11-. The maximum absolute atomic E-state index is 12.9. The quantitative estimate of drug-likeness (QED) is 0.495. The summed E-state index contributed by atoms with van der Waals surface area (Å²) >= 11 is 0. The third-order valence-electron chi connectivity index (χ3n) is 5.28. The summed E-state index contributed by atoms with van der Waals surface area (Å²) < 4.78 is 10.9. The lowest BCUT2D eigenvalue weighted by molar-refractivity contribution is -0.114. The predicted molar refractivity (Wildman–Crippen MR) is 115 cm³/mol. The van der Waals surface area contributed by atoms with Gasteiger partial charge in [0.2, 0.25) is 0 Å². The van der Waals surface area contributed by atoms with Crippen molar-refractivity contribution in [3.8, 4) is 11.3 Å². The molecule has 1 amide bonds. The molecular formula is C24H16N2O6. The van der Waals surface area contributed by atoms with Crippen molar-refractivity contribution < 1.29 is 28.6 Å². The lowest BCUT2D eigenvalue weighted by Crippen LogP contribution is -2.21. The summed E-state index contributed by atoms with van der Waals surface area (Å²) in [6, 6.07) is 14.9. The number of esters is 1. The number of nitrogens with zero attached hydrogens (tertiary/aromatic N) is 2. The average Bonchev–Trinajstić information content (AvgIpc) is 3.48. The molecule has 2 aliphatic rings. The number of hydrogen-bond acceptors (Lipinski definition) is 6. The normalized spacial score (nSPS) is 16.3. The number of carboxylic acids is 1. The van der Waals surface area contributed by atoms with Crippen molar-refractivity contribution in [1.82, 2.24) is 0 Å². The Morgan fingerprint density at radius 2 is 1.97 bits per heavy atom. The number of cyclic esters (lactones) is 1. The lowest BCUT2D eigenvalue weighted by atomic mass is 10.0. The molecule has 1 N–H and O–H groups in total. The van der Waals surface area contributed by atoms with E-state index in [1.807, 2.05) is 6.07 Å². The molecule has 0 bridgehead atoms. The topological polar surface area (TPSA) is 109 Å². The van der Waals surface area contributed by atoms with E-state index in [0.29, 0.717) is 34.1 Å². The van der Waals surface area contributed by atoms with Crippen molar-refractivity contribution in [2.45, 2.75) is 13.5 Å². The van der Waals surface area contributed by atoms with E-state index in [0.717, 1.165) is 11.1 Å². The van der Waals surface area contributed by atoms with Crippen LogP contribution in [0, 0.1) is 0 Å². The Kier molecular flexibility index (Phi) is 4.48. The average molecular weight is 428 g/mol. The van der Waals surface area contributed by atoms with Crippen LogP contribution in [0.4, 0.5) is 5.69 Å². The first-order valence-corrected chi connectivity index (χ1v) is 9.76. The number of furan rings is 1. The maximum atomic E-state index is 12.9. The highest BCUT2D eigenvalue weighted by atomic mass is 16.5. The summed E-state index contributed by atoms with van der Waals surface area (Å²) in [6.45, 7) is 1.94. The van der Waals surface area contributed by atoms with Crippen LogP contribution in [0.15, 0.2) is 69.7 Å². The van der Waals surface area contributed by atoms with Gasteiger partial charge >= 0.3 is 11.9 Å². The van der Waals surface area contributed by atoms with E-state index in [1.165, 1.54) is 17.1 Å². The van der Waals surface area contributed by atoms with E-state index < -0.39 is 5.97 Å². The third-order valence-corrected chi connectivity index (χ3v) is 5.28. The van der Waals surface area contributed by atoms with Gasteiger partial charge < -0.3 is 14.3 Å². The van der Waals surface area contributed by atoms with Crippen LogP contribution in [-0.2, 0) is 16.1 Å². The Morgan fingerprint density at radius 3 is 2.78 bits per heavy atom. The molecule has 0 fully saturated rings. The fourth-order valence-electron chi connectivity index (χ4n) is 3.64. The first-order valence-electron chi connectivity index (χ1n) is 9.76. The van der Waals surface area contributed by atoms with Crippen LogP contribution in [0.2, 0.25) is 0 Å². The van der Waals surface area contributed by atoms with E-state index in [4.69, 9.17) is 9.15 Å². The minimum absolute atomic E-state index is 0.0673. The summed E-state index contributed by atoms with van der Waals surface area (Å²) in [5, 5.41) is 14.6. The van der Waals surface area contributed by atoms with Gasteiger partial charge in [0.1, 0.15) is 18.1 Å². The van der Waals surface area contributed by atoms with Crippen molar-refractivity contribution in [3.63, 3.8) is 0 Å². The summed E-state index contributed by atoms with van der Waals surface area (Å²) in [4.78, 5) is 35.8. The van der Waals surface area contributed by atoms with Crippen LogP contribution in [0.3, 0.4) is 0 Å². The monoisotopic (exact) mass is 428 g/mol. The van der Waals surface area contributed by atoms with Crippen molar-refractivity contribution in [2.75, 3.05) is 5.01 Å². The van der Waals surface area contributed by atoms with Crippen molar-refractivity contribution in [3.05, 3.63) is 82.6 Å². The molecule has 0 saturated carbocycles. The van der Waals surface area contributed by atoms with Crippen LogP contribution in [0.1, 0.15) is 39.0 Å². The number of aromatic carboxylic acids is 1. The summed E-state index contributed by atoms with van der Waals surface area (Å²) in [6.07, 6.45) is 1.60. The van der Waals surface area contributed by atoms with Crippen LogP contribution in [-0.4, -0.2) is 28.7 Å². The molecule has 3 aromatic rings. The summed E-state index contributed by atoms with van der Waals surface area (Å²) in [7, 11) is 0. The fraction of sp³-hybridized carbons (Fsp3) is 0.0833. The molecule has 0 radical (unpaired) electrons. The van der Waals surface area contributed by atoms with Crippen molar-refractivity contribution in [2.24, 2.45) is 5.10 Å². The molecule has 8 nitrogen and oxygen atoms in total. The van der Waals surface area contributed by atoms with Crippen LogP contribution in [0.25, 0.3) is 17.4 Å². The predicted octanol–water partition coefficient (Wildman–Crippen LogP) is 4.12. The molecule has 0 unspecified atom stereocenters. The van der Waals surface area contributed by atoms with Gasteiger partial charge in [0.25, 0.3) is 5.91 Å². The summed E-state index contributed by atoms with van der Waals surface area (Å²) in [5.41, 5.74) is 3.42. The van der Waals surface area contributed by atoms with E-state index in [1.54, 1.807) is 49.4 Å². The zero-order chi connectivity index (χ0) is 22.4. The second kappa shape index (κ2) is 7.35. The van der Waals surface area contributed by atoms with Crippen molar-refractivity contribution in [1.29, 1.82) is 0 Å². The molecule has 0 aliphatic carbocycles. The van der Waals surface area contributed by atoms with Crippen LogP contribution < -0.4 is 5.01 Å². The molecule has 1 aromatic heterocycles. The Bertz CT molecular complexity index is 1360. The first-order chi connectivity index (χ1) is 15.4. The van der Waals surface area contributed by atoms with E-state index in [2.05, 4.69) is 5.10 Å².